The molecule has 0 aliphatic heterocycles. The second kappa shape index (κ2) is 5.57. The number of methoxy groups -OCH3 is 1. The Labute approximate surface area is 145 Å². The molecule has 4 saturated carbocycles. The van der Waals surface area contributed by atoms with E-state index in [-0.39, 0.29) is 22.7 Å². The summed E-state index contributed by atoms with van der Waals surface area (Å²) in [5.41, 5.74) is 0.0149. The number of Topliss-reactive ketones (excluding diaryl/α,β-unsaturated/α-hetero) is 1. The van der Waals surface area contributed by atoms with Crippen molar-refractivity contribution >= 4 is 11.8 Å². The van der Waals surface area contributed by atoms with Gasteiger partial charge in [0.1, 0.15) is 5.78 Å². The largest absolute Gasteiger partial charge is 0.469 e. The Balaban J connectivity index is 1.65. The zero-order valence-electron chi connectivity index (χ0n) is 15.5. The number of ketones is 1. The van der Waals surface area contributed by atoms with Crippen LogP contribution in [0.3, 0.4) is 0 Å². The lowest BCUT2D eigenvalue weighted by Crippen LogP contribution is -2.56. The molecule has 134 valence electrons. The fraction of sp³-hybridized carbons (Fsp3) is 0.905. The van der Waals surface area contributed by atoms with Crippen LogP contribution in [-0.2, 0) is 14.3 Å². The smallest absolute Gasteiger partial charge is 0.309 e. The van der Waals surface area contributed by atoms with E-state index in [1.807, 2.05) is 0 Å². The Hall–Kier alpha value is -0.860. The van der Waals surface area contributed by atoms with E-state index in [0.717, 1.165) is 38.5 Å². The first kappa shape index (κ1) is 16.6. The molecule has 24 heavy (non-hydrogen) atoms. The first-order chi connectivity index (χ1) is 11.4. The minimum atomic E-state index is -0.0775. The van der Waals surface area contributed by atoms with Crippen molar-refractivity contribution in [3.8, 4) is 0 Å². The van der Waals surface area contributed by atoms with E-state index in [1.165, 1.54) is 26.4 Å². The number of fused-ring (bicyclic) bond motifs is 5. The topological polar surface area (TPSA) is 43.4 Å². The summed E-state index contributed by atoms with van der Waals surface area (Å²) in [6.07, 6.45) is 9.98. The number of rotatable bonds is 1. The van der Waals surface area contributed by atoms with Gasteiger partial charge in [0.05, 0.1) is 13.0 Å². The number of carbonyl (C=O) groups is 2. The van der Waals surface area contributed by atoms with Crippen molar-refractivity contribution in [2.24, 2.45) is 40.4 Å². The summed E-state index contributed by atoms with van der Waals surface area (Å²) in [6.45, 7) is 4.63. The first-order valence-corrected chi connectivity index (χ1v) is 10.0. The van der Waals surface area contributed by atoms with Gasteiger partial charge in [-0.25, -0.2) is 0 Å². The Bertz CT molecular complexity index is 555. The van der Waals surface area contributed by atoms with E-state index in [1.54, 1.807) is 0 Å². The molecule has 0 heterocycles. The van der Waals surface area contributed by atoms with Crippen LogP contribution in [0.4, 0.5) is 0 Å². The lowest BCUT2D eigenvalue weighted by Gasteiger charge is -2.59. The summed E-state index contributed by atoms with van der Waals surface area (Å²) in [7, 11) is 1.53. The average Bonchev–Trinajstić information content (AvgIpc) is 2.92. The SMILES string of the molecule is COC(=O)C1CCC2C3CCC4CCCC(=O)C4(C)C3CCC12C. The van der Waals surface area contributed by atoms with E-state index >= 15 is 0 Å². The maximum atomic E-state index is 12.9. The van der Waals surface area contributed by atoms with Crippen molar-refractivity contribution in [1.29, 1.82) is 0 Å². The highest BCUT2D eigenvalue weighted by Gasteiger charge is 2.62. The van der Waals surface area contributed by atoms with E-state index in [9.17, 15) is 9.59 Å². The molecular weight excluding hydrogens is 300 g/mol. The summed E-state index contributed by atoms with van der Waals surface area (Å²) < 4.78 is 5.11. The van der Waals surface area contributed by atoms with Crippen molar-refractivity contribution in [2.45, 2.75) is 71.6 Å². The monoisotopic (exact) mass is 332 g/mol. The molecule has 7 unspecified atom stereocenters. The predicted octanol–water partition coefficient (Wildman–Crippen LogP) is 4.39. The van der Waals surface area contributed by atoms with Gasteiger partial charge in [0.25, 0.3) is 0 Å². The highest BCUT2D eigenvalue weighted by Crippen LogP contribution is 2.66. The van der Waals surface area contributed by atoms with Crippen LogP contribution >= 0.6 is 0 Å². The third-order valence-corrected chi connectivity index (χ3v) is 8.95. The second-order valence-electron chi connectivity index (χ2n) is 9.45. The van der Waals surface area contributed by atoms with Gasteiger partial charge in [-0.05, 0) is 80.5 Å². The van der Waals surface area contributed by atoms with E-state index in [0.29, 0.717) is 29.5 Å². The zero-order valence-corrected chi connectivity index (χ0v) is 15.5. The fourth-order valence-electron chi connectivity index (χ4n) is 7.62. The molecule has 0 bridgehead atoms. The molecule has 0 amide bonds. The molecule has 0 saturated heterocycles. The van der Waals surface area contributed by atoms with Crippen molar-refractivity contribution in [3.05, 3.63) is 0 Å². The highest BCUT2D eigenvalue weighted by molar-refractivity contribution is 5.86. The quantitative estimate of drug-likeness (QED) is 0.669. The van der Waals surface area contributed by atoms with Gasteiger partial charge in [-0.1, -0.05) is 13.8 Å². The number of hydrogen-bond acceptors (Lipinski definition) is 3. The average molecular weight is 332 g/mol. The van der Waals surface area contributed by atoms with Gasteiger partial charge >= 0.3 is 5.97 Å². The molecule has 3 heteroatoms. The molecule has 4 aliphatic carbocycles. The molecule has 7 atom stereocenters. The van der Waals surface area contributed by atoms with Crippen molar-refractivity contribution in [3.63, 3.8) is 0 Å². The number of carbonyl (C=O) groups excluding carboxylic acids is 2. The summed E-state index contributed by atoms with van der Waals surface area (Å²) in [5, 5.41) is 0. The van der Waals surface area contributed by atoms with Crippen LogP contribution in [0.5, 0.6) is 0 Å². The van der Waals surface area contributed by atoms with Gasteiger partial charge in [0, 0.05) is 11.8 Å². The van der Waals surface area contributed by atoms with Crippen LogP contribution in [-0.4, -0.2) is 18.9 Å². The Morgan fingerprint density at radius 3 is 2.58 bits per heavy atom. The molecule has 4 aliphatic rings. The van der Waals surface area contributed by atoms with Gasteiger partial charge in [0.15, 0.2) is 0 Å². The van der Waals surface area contributed by atoms with Crippen molar-refractivity contribution < 1.29 is 14.3 Å². The van der Waals surface area contributed by atoms with Gasteiger partial charge in [0.2, 0.25) is 0 Å². The minimum Gasteiger partial charge on any atom is -0.469 e. The van der Waals surface area contributed by atoms with Crippen LogP contribution in [0, 0.1) is 40.4 Å². The first-order valence-electron chi connectivity index (χ1n) is 10.0. The summed E-state index contributed by atoms with van der Waals surface area (Å²) in [4.78, 5) is 25.2. The number of ether oxygens (including phenoxy) is 1. The van der Waals surface area contributed by atoms with Crippen LogP contribution in [0.15, 0.2) is 0 Å². The molecule has 4 rings (SSSR count). The van der Waals surface area contributed by atoms with Gasteiger partial charge in [-0.15, -0.1) is 0 Å². The molecule has 4 fully saturated rings. The Morgan fingerprint density at radius 1 is 1.04 bits per heavy atom. The molecular formula is C21H32O3. The maximum Gasteiger partial charge on any atom is 0.309 e. The molecule has 3 nitrogen and oxygen atoms in total. The molecule has 0 aromatic heterocycles. The second-order valence-corrected chi connectivity index (χ2v) is 9.45. The summed E-state index contributed by atoms with van der Waals surface area (Å²) in [5.74, 6) is 3.02. The van der Waals surface area contributed by atoms with Crippen LogP contribution < -0.4 is 0 Å². The highest BCUT2D eigenvalue weighted by atomic mass is 16.5. The van der Waals surface area contributed by atoms with Crippen LogP contribution in [0.2, 0.25) is 0 Å². The van der Waals surface area contributed by atoms with Gasteiger partial charge < -0.3 is 4.74 Å². The third kappa shape index (κ3) is 2.02. The van der Waals surface area contributed by atoms with E-state index in [2.05, 4.69) is 13.8 Å². The Kier molecular flexibility index (Phi) is 3.85. The lowest BCUT2D eigenvalue weighted by atomic mass is 9.44. The van der Waals surface area contributed by atoms with Crippen molar-refractivity contribution in [1.82, 2.24) is 0 Å². The Morgan fingerprint density at radius 2 is 1.83 bits per heavy atom. The standard InChI is InChI=1S/C21H32O3/c1-20-12-11-16-14(15(20)9-10-17(20)19(23)24-3)8-7-13-5-4-6-18(22)21(13,16)2/h13-17H,4-12H2,1-3H3. The van der Waals surface area contributed by atoms with E-state index in [4.69, 9.17) is 4.74 Å². The maximum absolute atomic E-state index is 12.9. The molecule has 0 radical (unpaired) electrons. The molecule has 0 aromatic carbocycles. The summed E-state index contributed by atoms with van der Waals surface area (Å²) >= 11 is 0. The van der Waals surface area contributed by atoms with Crippen LogP contribution in [0.1, 0.15) is 71.6 Å². The molecule has 0 aromatic rings. The van der Waals surface area contributed by atoms with Crippen molar-refractivity contribution in [2.75, 3.05) is 7.11 Å². The number of esters is 1. The number of hydrogen-bond donors (Lipinski definition) is 0. The lowest BCUT2D eigenvalue weighted by molar-refractivity contribution is -0.162. The predicted molar refractivity (Wildman–Crippen MR) is 92.2 cm³/mol. The van der Waals surface area contributed by atoms with E-state index < -0.39 is 0 Å². The third-order valence-electron chi connectivity index (χ3n) is 8.95. The van der Waals surface area contributed by atoms with Gasteiger partial charge in [-0.3, -0.25) is 9.59 Å². The minimum absolute atomic E-state index is 0.00732. The zero-order chi connectivity index (χ0) is 17.1. The fourth-order valence-corrected chi connectivity index (χ4v) is 7.62. The normalized spacial score (nSPS) is 50.6. The van der Waals surface area contributed by atoms with Crippen LogP contribution in [0.25, 0.3) is 0 Å². The van der Waals surface area contributed by atoms with Gasteiger partial charge in [-0.2, -0.15) is 0 Å². The molecule has 0 spiro atoms. The molecule has 0 N–H and O–H groups in total. The summed E-state index contributed by atoms with van der Waals surface area (Å²) in [6, 6.07) is 0.